The summed E-state index contributed by atoms with van der Waals surface area (Å²) in [6.07, 6.45) is 0.156. The van der Waals surface area contributed by atoms with Crippen molar-refractivity contribution in [3.8, 4) is 0 Å². The smallest absolute Gasteiger partial charge is 0.326 e. The van der Waals surface area contributed by atoms with Gasteiger partial charge in [0.25, 0.3) is 0 Å². The van der Waals surface area contributed by atoms with Crippen LogP contribution in [-0.2, 0) is 24.0 Å². The first-order valence-corrected chi connectivity index (χ1v) is 10.1. The molecule has 29 heavy (non-hydrogen) atoms. The summed E-state index contributed by atoms with van der Waals surface area (Å²) in [4.78, 5) is 57.7. The standard InChI is InChI=1S/C16H28N4O8S/c1-8(21)13(20-14(25)9(17)3-4-12(23)24)15(26)18-7-11(22)19-10(16(27)28)5-6-29-2/h8-10,13,21H,3-7,17H2,1-2H3,(H,18,26)(H,19,22)(H,20,25)(H,23,24)(H,27,28). The third-order valence-corrected chi connectivity index (χ3v) is 4.38. The topological polar surface area (TPSA) is 208 Å². The Kier molecular flexibility index (Phi) is 12.6. The average molecular weight is 436 g/mol. The van der Waals surface area contributed by atoms with Gasteiger partial charge in [-0.05, 0) is 31.8 Å². The van der Waals surface area contributed by atoms with E-state index >= 15 is 0 Å². The molecule has 3 amide bonds. The number of carbonyl (C=O) groups excluding carboxylic acids is 3. The number of thioether (sulfide) groups is 1. The summed E-state index contributed by atoms with van der Waals surface area (Å²) < 4.78 is 0. The Balaban J connectivity index is 4.70. The zero-order valence-corrected chi connectivity index (χ0v) is 17.0. The maximum absolute atomic E-state index is 12.2. The lowest BCUT2D eigenvalue weighted by atomic mass is 10.1. The second-order valence-electron chi connectivity index (χ2n) is 6.22. The van der Waals surface area contributed by atoms with Crippen LogP contribution in [0.25, 0.3) is 0 Å². The highest BCUT2D eigenvalue weighted by atomic mass is 32.2. The van der Waals surface area contributed by atoms with E-state index in [1.807, 2.05) is 0 Å². The maximum atomic E-state index is 12.2. The number of aliphatic hydroxyl groups is 1. The molecule has 13 heteroatoms. The van der Waals surface area contributed by atoms with Gasteiger partial charge in [0.15, 0.2) is 0 Å². The second kappa shape index (κ2) is 13.7. The molecule has 0 aliphatic rings. The highest BCUT2D eigenvalue weighted by Crippen LogP contribution is 2.01. The molecule has 0 aromatic heterocycles. The van der Waals surface area contributed by atoms with Gasteiger partial charge in [0.1, 0.15) is 12.1 Å². The van der Waals surface area contributed by atoms with E-state index in [1.165, 1.54) is 18.7 Å². The Hall–Kier alpha value is -2.38. The molecule has 12 nitrogen and oxygen atoms in total. The molecule has 0 aliphatic heterocycles. The van der Waals surface area contributed by atoms with Crippen LogP contribution in [0.15, 0.2) is 0 Å². The van der Waals surface area contributed by atoms with E-state index in [0.717, 1.165) is 0 Å². The largest absolute Gasteiger partial charge is 0.481 e. The predicted octanol–water partition coefficient (Wildman–Crippen LogP) is -2.52. The van der Waals surface area contributed by atoms with Gasteiger partial charge in [0.05, 0.1) is 18.7 Å². The summed E-state index contributed by atoms with van der Waals surface area (Å²) in [5, 5.41) is 34.1. The van der Waals surface area contributed by atoms with Gasteiger partial charge in [-0.3, -0.25) is 19.2 Å². The number of amides is 3. The van der Waals surface area contributed by atoms with Gasteiger partial charge in [-0.15, -0.1) is 0 Å². The summed E-state index contributed by atoms with van der Waals surface area (Å²) in [6.45, 7) is 0.669. The number of hydrogen-bond donors (Lipinski definition) is 7. The van der Waals surface area contributed by atoms with Crippen molar-refractivity contribution in [1.29, 1.82) is 0 Å². The van der Waals surface area contributed by atoms with Crippen molar-refractivity contribution in [2.45, 2.75) is 50.4 Å². The summed E-state index contributed by atoms with van der Waals surface area (Å²) in [5.74, 6) is -4.29. The minimum Gasteiger partial charge on any atom is -0.481 e. The van der Waals surface area contributed by atoms with Gasteiger partial charge in [-0.25, -0.2) is 4.79 Å². The first-order valence-electron chi connectivity index (χ1n) is 8.74. The average Bonchev–Trinajstić information content (AvgIpc) is 2.64. The first kappa shape index (κ1) is 26.6. The van der Waals surface area contributed by atoms with E-state index in [-0.39, 0.29) is 19.3 Å². The molecule has 0 heterocycles. The lowest BCUT2D eigenvalue weighted by molar-refractivity contribution is -0.142. The second-order valence-corrected chi connectivity index (χ2v) is 7.21. The predicted molar refractivity (Wildman–Crippen MR) is 104 cm³/mol. The molecule has 0 fully saturated rings. The summed E-state index contributed by atoms with van der Waals surface area (Å²) in [6, 6.07) is -3.74. The number of carboxylic acid groups (broad SMARTS) is 2. The molecule has 0 spiro atoms. The molecule has 0 rings (SSSR count). The minimum atomic E-state index is -1.43. The number of aliphatic carboxylic acids is 2. The summed E-state index contributed by atoms with van der Waals surface area (Å²) in [5.41, 5.74) is 5.55. The lowest BCUT2D eigenvalue weighted by Crippen LogP contribution is -2.57. The van der Waals surface area contributed by atoms with Gasteiger partial charge < -0.3 is 37.0 Å². The van der Waals surface area contributed by atoms with Crippen LogP contribution >= 0.6 is 11.8 Å². The van der Waals surface area contributed by atoms with Crippen molar-refractivity contribution in [3.05, 3.63) is 0 Å². The van der Waals surface area contributed by atoms with E-state index in [2.05, 4.69) is 16.0 Å². The number of carboxylic acids is 2. The minimum absolute atomic E-state index is 0.162. The van der Waals surface area contributed by atoms with E-state index in [9.17, 15) is 29.1 Å². The summed E-state index contributed by atoms with van der Waals surface area (Å²) in [7, 11) is 0. The molecule has 0 radical (unpaired) electrons. The molecule has 4 unspecified atom stereocenters. The highest BCUT2D eigenvalue weighted by Gasteiger charge is 2.28. The third kappa shape index (κ3) is 11.3. The Morgan fingerprint density at radius 2 is 1.66 bits per heavy atom. The fourth-order valence-corrected chi connectivity index (χ4v) is 2.56. The molecular formula is C16H28N4O8S. The Labute approximate surface area is 172 Å². The number of aliphatic hydroxyl groups excluding tert-OH is 1. The van der Waals surface area contributed by atoms with E-state index in [4.69, 9.17) is 15.9 Å². The van der Waals surface area contributed by atoms with Crippen molar-refractivity contribution in [2.24, 2.45) is 5.73 Å². The molecule has 0 saturated heterocycles. The molecule has 4 atom stereocenters. The van der Waals surface area contributed by atoms with Crippen LogP contribution in [0.5, 0.6) is 0 Å². The Morgan fingerprint density at radius 3 is 2.14 bits per heavy atom. The number of nitrogens with two attached hydrogens (primary N) is 1. The van der Waals surface area contributed by atoms with Crippen molar-refractivity contribution in [1.82, 2.24) is 16.0 Å². The zero-order chi connectivity index (χ0) is 22.6. The van der Waals surface area contributed by atoms with Crippen LogP contribution in [0.3, 0.4) is 0 Å². The first-order chi connectivity index (χ1) is 13.5. The van der Waals surface area contributed by atoms with Crippen LogP contribution in [0.4, 0.5) is 0 Å². The van der Waals surface area contributed by atoms with Crippen LogP contribution in [0.2, 0.25) is 0 Å². The number of hydrogen-bond acceptors (Lipinski definition) is 8. The van der Waals surface area contributed by atoms with E-state index in [1.54, 1.807) is 6.26 Å². The monoisotopic (exact) mass is 436 g/mol. The summed E-state index contributed by atoms with van der Waals surface area (Å²) >= 11 is 1.42. The molecule has 8 N–H and O–H groups in total. The fourth-order valence-electron chi connectivity index (χ4n) is 2.09. The zero-order valence-electron chi connectivity index (χ0n) is 16.2. The van der Waals surface area contributed by atoms with Gasteiger partial charge in [0, 0.05) is 6.42 Å². The molecular weight excluding hydrogens is 408 g/mol. The van der Waals surface area contributed by atoms with Gasteiger partial charge >= 0.3 is 11.9 Å². The van der Waals surface area contributed by atoms with Crippen LogP contribution < -0.4 is 21.7 Å². The highest BCUT2D eigenvalue weighted by molar-refractivity contribution is 7.98. The Morgan fingerprint density at radius 1 is 1.03 bits per heavy atom. The lowest BCUT2D eigenvalue weighted by Gasteiger charge is -2.22. The van der Waals surface area contributed by atoms with Gasteiger partial charge in [-0.2, -0.15) is 11.8 Å². The third-order valence-electron chi connectivity index (χ3n) is 3.74. The molecule has 0 aromatic carbocycles. The van der Waals surface area contributed by atoms with Crippen LogP contribution in [0.1, 0.15) is 26.2 Å². The van der Waals surface area contributed by atoms with Crippen molar-refractivity contribution in [2.75, 3.05) is 18.6 Å². The van der Waals surface area contributed by atoms with Crippen LogP contribution in [-0.4, -0.2) is 87.8 Å². The number of carbonyl (C=O) groups is 5. The van der Waals surface area contributed by atoms with Crippen molar-refractivity contribution in [3.63, 3.8) is 0 Å². The SMILES string of the molecule is CSCCC(NC(=O)CNC(=O)C(NC(=O)C(N)CCC(=O)O)C(C)O)C(=O)O. The van der Waals surface area contributed by atoms with Crippen molar-refractivity contribution < 1.29 is 39.3 Å². The van der Waals surface area contributed by atoms with Gasteiger partial charge in [-0.1, -0.05) is 0 Å². The number of rotatable bonds is 14. The van der Waals surface area contributed by atoms with E-state index < -0.39 is 60.4 Å². The molecule has 0 aliphatic carbocycles. The van der Waals surface area contributed by atoms with Gasteiger partial charge in [0.2, 0.25) is 17.7 Å². The molecule has 166 valence electrons. The molecule has 0 aromatic rings. The number of nitrogens with one attached hydrogen (secondary N) is 3. The van der Waals surface area contributed by atoms with Crippen LogP contribution in [0, 0.1) is 0 Å². The van der Waals surface area contributed by atoms with Crippen molar-refractivity contribution >= 4 is 41.4 Å². The molecule has 0 bridgehead atoms. The Bertz CT molecular complexity index is 601. The maximum Gasteiger partial charge on any atom is 0.326 e. The molecule has 0 saturated carbocycles. The quantitative estimate of drug-likeness (QED) is 0.152. The van der Waals surface area contributed by atoms with E-state index in [0.29, 0.717) is 5.75 Å². The normalized spacial score (nSPS) is 14.8. The fraction of sp³-hybridized carbons (Fsp3) is 0.688.